The Kier molecular flexibility index (Phi) is 5.51. The van der Waals surface area contributed by atoms with E-state index in [1.165, 1.54) is 0 Å². The molecule has 1 fully saturated rings. The SMILES string of the molecule is Cc1cc(Br)c(NC(C)CC2COCCN2)cc1Cl. The Bertz CT molecular complexity index is 436. The van der Waals surface area contributed by atoms with Crippen molar-refractivity contribution in [1.82, 2.24) is 5.32 Å². The van der Waals surface area contributed by atoms with Crippen LogP contribution in [0.25, 0.3) is 0 Å². The number of hydrogen-bond donors (Lipinski definition) is 2. The summed E-state index contributed by atoms with van der Waals surface area (Å²) in [5.74, 6) is 0. The van der Waals surface area contributed by atoms with Gasteiger partial charge in [-0.05, 0) is 53.9 Å². The maximum atomic E-state index is 6.17. The van der Waals surface area contributed by atoms with Crippen molar-refractivity contribution in [2.75, 3.05) is 25.1 Å². The maximum absolute atomic E-state index is 6.17. The Hall–Kier alpha value is -0.290. The van der Waals surface area contributed by atoms with Gasteiger partial charge >= 0.3 is 0 Å². The third-order valence-electron chi connectivity index (χ3n) is 3.29. The molecule has 19 heavy (non-hydrogen) atoms. The number of morpholine rings is 1. The number of anilines is 1. The van der Waals surface area contributed by atoms with E-state index in [9.17, 15) is 0 Å². The second kappa shape index (κ2) is 6.93. The Morgan fingerprint density at radius 2 is 2.37 bits per heavy atom. The lowest BCUT2D eigenvalue weighted by molar-refractivity contribution is 0.0731. The van der Waals surface area contributed by atoms with Crippen molar-refractivity contribution in [3.05, 3.63) is 27.2 Å². The molecule has 2 atom stereocenters. The van der Waals surface area contributed by atoms with Crippen molar-refractivity contribution in [1.29, 1.82) is 0 Å². The number of benzene rings is 1. The Morgan fingerprint density at radius 3 is 3.05 bits per heavy atom. The summed E-state index contributed by atoms with van der Waals surface area (Å²) < 4.78 is 6.52. The highest BCUT2D eigenvalue weighted by Crippen LogP contribution is 2.30. The molecular weight excluding hydrogens is 328 g/mol. The zero-order chi connectivity index (χ0) is 13.8. The molecular formula is C14H20BrClN2O. The van der Waals surface area contributed by atoms with Gasteiger partial charge in [0.05, 0.1) is 18.9 Å². The van der Waals surface area contributed by atoms with Crippen LogP contribution in [0.2, 0.25) is 5.02 Å². The summed E-state index contributed by atoms with van der Waals surface area (Å²) in [6.07, 6.45) is 1.03. The highest BCUT2D eigenvalue weighted by molar-refractivity contribution is 9.10. The zero-order valence-corrected chi connectivity index (χ0v) is 13.6. The number of halogens is 2. The average molecular weight is 348 g/mol. The largest absolute Gasteiger partial charge is 0.382 e. The van der Waals surface area contributed by atoms with Crippen LogP contribution in [0.15, 0.2) is 16.6 Å². The predicted molar refractivity (Wildman–Crippen MR) is 84.2 cm³/mol. The molecule has 106 valence electrons. The zero-order valence-electron chi connectivity index (χ0n) is 11.3. The molecule has 2 N–H and O–H groups in total. The number of aryl methyl sites for hydroxylation is 1. The van der Waals surface area contributed by atoms with Crippen LogP contribution < -0.4 is 10.6 Å². The number of nitrogens with one attached hydrogen (secondary N) is 2. The average Bonchev–Trinajstić information content (AvgIpc) is 2.37. The molecule has 5 heteroatoms. The molecule has 0 spiro atoms. The highest BCUT2D eigenvalue weighted by Gasteiger charge is 2.17. The van der Waals surface area contributed by atoms with Crippen LogP contribution >= 0.6 is 27.5 Å². The fourth-order valence-electron chi connectivity index (χ4n) is 2.28. The molecule has 0 amide bonds. The molecule has 1 aromatic rings. The molecule has 2 unspecified atom stereocenters. The minimum atomic E-state index is 0.356. The van der Waals surface area contributed by atoms with Gasteiger partial charge in [-0.1, -0.05) is 11.6 Å². The molecule has 0 aromatic heterocycles. The lowest BCUT2D eigenvalue weighted by Crippen LogP contribution is -2.43. The van der Waals surface area contributed by atoms with Crippen LogP contribution in [0.4, 0.5) is 5.69 Å². The number of ether oxygens (including phenoxy) is 1. The van der Waals surface area contributed by atoms with E-state index in [-0.39, 0.29) is 0 Å². The summed E-state index contributed by atoms with van der Waals surface area (Å²) >= 11 is 9.74. The quantitative estimate of drug-likeness (QED) is 0.873. The minimum Gasteiger partial charge on any atom is -0.382 e. The third-order valence-corrected chi connectivity index (χ3v) is 4.35. The summed E-state index contributed by atoms with van der Waals surface area (Å²) in [4.78, 5) is 0. The summed E-state index contributed by atoms with van der Waals surface area (Å²) in [5.41, 5.74) is 2.12. The van der Waals surface area contributed by atoms with E-state index in [0.717, 1.165) is 46.9 Å². The molecule has 0 aliphatic carbocycles. The van der Waals surface area contributed by atoms with Gasteiger partial charge in [-0.3, -0.25) is 0 Å². The smallest absolute Gasteiger partial charge is 0.0621 e. The van der Waals surface area contributed by atoms with Crippen molar-refractivity contribution in [2.45, 2.75) is 32.4 Å². The normalized spacial score (nSPS) is 21.2. The number of hydrogen-bond acceptors (Lipinski definition) is 3. The Labute approximate surface area is 128 Å². The van der Waals surface area contributed by atoms with Crippen molar-refractivity contribution in [2.24, 2.45) is 0 Å². The van der Waals surface area contributed by atoms with Gasteiger partial charge in [0.25, 0.3) is 0 Å². The first-order valence-electron chi connectivity index (χ1n) is 6.59. The van der Waals surface area contributed by atoms with Crippen molar-refractivity contribution < 1.29 is 4.74 Å². The van der Waals surface area contributed by atoms with E-state index < -0.39 is 0 Å². The summed E-state index contributed by atoms with van der Waals surface area (Å²) in [5, 5.41) is 7.76. The molecule has 1 saturated heterocycles. The Balaban J connectivity index is 1.94. The van der Waals surface area contributed by atoms with Crippen LogP contribution in [0.1, 0.15) is 18.9 Å². The van der Waals surface area contributed by atoms with Gasteiger partial charge in [-0.25, -0.2) is 0 Å². The van der Waals surface area contributed by atoms with Crippen LogP contribution in [-0.4, -0.2) is 31.8 Å². The first kappa shape index (κ1) is 15.1. The van der Waals surface area contributed by atoms with Crippen LogP contribution in [0.3, 0.4) is 0 Å². The van der Waals surface area contributed by atoms with Gasteiger partial charge in [0.2, 0.25) is 0 Å². The van der Waals surface area contributed by atoms with E-state index in [2.05, 4.69) is 33.5 Å². The molecule has 1 aliphatic heterocycles. The lowest BCUT2D eigenvalue weighted by Gasteiger charge is -2.27. The van der Waals surface area contributed by atoms with Gasteiger partial charge in [-0.15, -0.1) is 0 Å². The van der Waals surface area contributed by atoms with Crippen LogP contribution in [-0.2, 0) is 4.74 Å². The van der Waals surface area contributed by atoms with E-state index in [1.807, 2.05) is 19.1 Å². The van der Waals surface area contributed by atoms with E-state index in [4.69, 9.17) is 16.3 Å². The molecule has 0 bridgehead atoms. The fourth-order valence-corrected chi connectivity index (χ4v) is 3.02. The minimum absolute atomic E-state index is 0.356. The van der Waals surface area contributed by atoms with E-state index in [1.54, 1.807) is 0 Å². The van der Waals surface area contributed by atoms with Crippen LogP contribution in [0.5, 0.6) is 0 Å². The monoisotopic (exact) mass is 346 g/mol. The molecule has 1 aromatic carbocycles. The predicted octanol–water partition coefficient (Wildman–Crippen LogP) is 3.59. The molecule has 1 aliphatic rings. The molecule has 3 nitrogen and oxygen atoms in total. The number of rotatable bonds is 4. The van der Waals surface area contributed by atoms with Crippen molar-refractivity contribution in [3.8, 4) is 0 Å². The van der Waals surface area contributed by atoms with Crippen molar-refractivity contribution >= 4 is 33.2 Å². The standard InChI is InChI=1S/C14H20BrClN2O/c1-9-5-12(15)14(7-13(9)16)18-10(2)6-11-8-19-4-3-17-11/h5,7,10-11,17-18H,3-4,6,8H2,1-2H3. The fraction of sp³-hybridized carbons (Fsp3) is 0.571. The van der Waals surface area contributed by atoms with Gasteiger partial charge < -0.3 is 15.4 Å². The maximum Gasteiger partial charge on any atom is 0.0621 e. The van der Waals surface area contributed by atoms with Gasteiger partial charge in [0, 0.05) is 28.1 Å². The molecule has 1 heterocycles. The second-order valence-electron chi connectivity index (χ2n) is 5.09. The first-order chi connectivity index (χ1) is 9.06. The van der Waals surface area contributed by atoms with Crippen LogP contribution in [0, 0.1) is 6.92 Å². The van der Waals surface area contributed by atoms with Crippen molar-refractivity contribution in [3.63, 3.8) is 0 Å². The molecule has 2 rings (SSSR count). The lowest BCUT2D eigenvalue weighted by atomic mass is 10.1. The third kappa shape index (κ3) is 4.35. The summed E-state index contributed by atoms with van der Waals surface area (Å²) in [7, 11) is 0. The van der Waals surface area contributed by atoms with E-state index >= 15 is 0 Å². The highest BCUT2D eigenvalue weighted by atomic mass is 79.9. The molecule has 0 saturated carbocycles. The van der Waals surface area contributed by atoms with Gasteiger partial charge in [0.1, 0.15) is 0 Å². The first-order valence-corrected chi connectivity index (χ1v) is 7.76. The summed E-state index contributed by atoms with van der Waals surface area (Å²) in [6.45, 7) is 6.73. The second-order valence-corrected chi connectivity index (χ2v) is 6.35. The molecule has 0 radical (unpaired) electrons. The topological polar surface area (TPSA) is 33.3 Å². The van der Waals surface area contributed by atoms with E-state index in [0.29, 0.717) is 12.1 Å². The Morgan fingerprint density at radius 1 is 1.58 bits per heavy atom. The summed E-state index contributed by atoms with van der Waals surface area (Å²) in [6, 6.07) is 4.80. The van der Waals surface area contributed by atoms with Gasteiger partial charge in [-0.2, -0.15) is 0 Å². The van der Waals surface area contributed by atoms with Gasteiger partial charge in [0.15, 0.2) is 0 Å².